The van der Waals surface area contributed by atoms with Crippen molar-refractivity contribution in [3.8, 4) is 5.88 Å². The van der Waals surface area contributed by atoms with E-state index in [0.29, 0.717) is 0 Å². The number of hydrogen-bond acceptors (Lipinski definition) is 5. The Morgan fingerprint density at radius 1 is 1.38 bits per heavy atom. The molecule has 0 radical (unpaired) electrons. The van der Waals surface area contributed by atoms with E-state index in [4.69, 9.17) is 4.74 Å². The van der Waals surface area contributed by atoms with Crippen LogP contribution in [-0.2, 0) is 16.3 Å². The van der Waals surface area contributed by atoms with Crippen LogP contribution in [0.15, 0.2) is 4.90 Å². The Morgan fingerprint density at radius 3 is 2.69 bits per heavy atom. The van der Waals surface area contributed by atoms with Crippen LogP contribution in [0.4, 0.5) is 4.39 Å². The van der Waals surface area contributed by atoms with Gasteiger partial charge in [-0.05, 0) is 13.8 Å². The second-order valence-corrected chi connectivity index (χ2v) is 5.86. The van der Waals surface area contributed by atoms with E-state index in [1.807, 2.05) is 0 Å². The molecule has 0 atom stereocenters. The molecule has 0 saturated carbocycles. The fraction of sp³-hybridized carbons (Fsp3) is 0.556. The van der Waals surface area contributed by atoms with Gasteiger partial charge in [-0.15, -0.1) is 0 Å². The minimum atomic E-state index is -3.42. The number of hydrogen-bond donors (Lipinski definition) is 0. The van der Waals surface area contributed by atoms with Gasteiger partial charge in [0.15, 0.2) is 14.7 Å². The van der Waals surface area contributed by atoms with Gasteiger partial charge in [-0.25, -0.2) is 13.4 Å². The molecule has 1 aromatic heterocycles. The third-order valence-electron chi connectivity index (χ3n) is 2.14. The third-order valence-corrected chi connectivity index (χ3v) is 3.92. The van der Waals surface area contributed by atoms with Gasteiger partial charge in [-0.2, -0.15) is 9.37 Å². The Balaban J connectivity index is 2.61. The number of aromatic nitrogens is 2. The van der Waals surface area contributed by atoms with Gasteiger partial charge in [-0.1, -0.05) is 0 Å². The van der Waals surface area contributed by atoms with Crippen LogP contribution >= 0.6 is 0 Å². The van der Waals surface area contributed by atoms with Crippen molar-refractivity contribution in [3.05, 3.63) is 11.8 Å². The summed E-state index contributed by atoms with van der Waals surface area (Å²) in [5.41, 5.74) is 0.211. The van der Waals surface area contributed by atoms with Crippen LogP contribution in [0.25, 0.3) is 0 Å². The number of rotatable bonds is 2. The van der Waals surface area contributed by atoms with E-state index >= 15 is 0 Å². The molecule has 0 aromatic carbocycles. The lowest BCUT2D eigenvalue weighted by Gasteiger charge is -2.11. The van der Waals surface area contributed by atoms with Crippen molar-refractivity contribution in [3.63, 3.8) is 0 Å². The summed E-state index contributed by atoms with van der Waals surface area (Å²) in [6.45, 7) is 3.43. The number of halogens is 1. The molecule has 0 fully saturated rings. The summed E-state index contributed by atoms with van der Waals surface area (Å²) in [4.78, 5) is 6.83. The van der Waals surface area contributed by atoms with E-state index < -0.39 is 15.9 Å². The molecule has 0 saturated heterocycles. The zero-order chi connectivity index (χ0) is 11.9. The van der Waals surface area contributed by atoms with Gasteiger partial charge in [0.25, 0.3) is 0 Å². The summed E-state index contributed by atoms with van der Waals surface area (Å²) in [6, 6.07) is 0. The Bertz CT molecular complexity index is 528. The molecule has 1 aromatic rings. The SMILES string of the molecule is CC(C)Oc1nc(F)nc2c1S(=O)(=O)CC2. The van der Waals surface area contributed by atoms with Crippen molar-refractivity contribution >= 4 is 9.84 Å². The molecule has 1 aliphatic heterocycles. The summed E-state index contributed by atoms with van der Waals surface area (Å²) in [6.07, 6.45) is -1.01. The topological polar surface area (TPSA) is 69.2 Å². The summed E-state index contributed by atoms with van der Waals surface area (Å²) in [5.74, 6) is -0.232. The predicted molar refractivity (Wildman–Crippen MR) is 53.5 cm³/mol. The highest BCUT2D eigenvalue weighted by Gasteiger charge is 2.33. The van der Waals surface area contributed by atoms with Crippen LogP contribution in [0.3, 0.4) is 0 Å². The zero-order valence-electron chi connectivity index (χ0n) is 8.90. The van der Waals surface area contributed by atoms with Crippen molar-refractivity contribution in [2.45, 2.75) is 31.3 Å². The summed E-state index contributed by atoms with van der Waals surface area (Å²) in [7, 11) is -3.42. The number of aryl methyl sites for hydroxylation is 1. The molecule has 0 spiro atoms. The van der Waals surface area contributed by atoms with Crippen LogP contribution in [0.1, 0.15) is 19.5 Å². The minimum Gasteiger partial charge on any atom is -0.474 e. The molecular formula is C9H11FN2O3S. The van der Waals surface area contributed by atoms with Gasteiger partial charge in [0.1, 0.15) is 0 Å². The van der Waals surface area contributed by atoms with Crippen molar-refractivity contribution in [2.24, 2.45) is 0 Å². The molecule has 88 valence electrons. The fourth-order valence-electron chi connectivity index (χ4n) is 1.56. The van der Waals surface area contributed by atoms with E-state index in [1.54, 1.807) is 13.8 Å². The normalized spacial score (nSPS) is 17.5. The van der Waals surface area contributed by atoms with Crippen LogP contribution in [0.2, 0.25) is 0 Å². The van der Waals surface area contributed by atoms with Gasteiger partial charge in [0.05, 0.1) is 17.6 Å². The second-order valence-electron chi connectivity index (χ2n) is 3.81. The molecule has 1 aliphatic rings. The van der Waals surface area contributed by atoms with Gasteiger partial charge in [0.2, 0.25) is 5.88 Å². The van der Waals surface area contributed by atoms with Crippen molar-refractivity contribution in [2.75, 3.05) is 5.75 Å². The fourth-order valence-corrected chi connectivity index (χ4v) is 3.10. The highest BCUT2D eigenvalue weighted by molar-refractivity contribution is 7.91. The maximum atomic E-state index is 13.0. The molecule has 2 heterocycles. The van der Waals surface area contributed by atoms with E-state index in [-0.39, 0.29) is 34.7 Å². The number of ether oxygens (including phenoxy) is 1. The molecule has 5 nitrogen and oxygen atoms in total. The molecule has 2 rings (SSSR count). The first kappa shape index (κ1) is 11.3. The highest BCUT2D eigenvalue weighted by atomic mass is 32.2. The Labute approximate surface area is 92.6 Å². The monoisotopic (exact) mass is 246 g/mol. The lowest BCUT2D eigenvalue weighted by atomic mass is 10.3. The maximum absolute atomic E-state index is 13.0. The van der Waals surface area contributed by atoms with Crippen molar-refractivity contribution in [1.82, 2.24) is 9.97 Å². The van der Waals surface area contributed by atoms with E-state index in [9.17, 15) is 12.8 Å². The van der Waals surface area contributed by atoms with Crippen LogP contribution in [0.5, 0.6) is 5.88 Å². The lowest BCUT2D eigenvalue weighted by molar-refractivity contribution is 0.220. The van der Waals surface area contributed by atoms with Gasteiger partial charge in [0, 0.05) is 6.42 Å². The van der Waals surface area contributed by atoms with Gasteiger partial charge >= 0.3 is 6.08 Å². The standard InChI is InChI=1S/C9H11FN2O3S/c1-5(2)15-8-7-6(11-9(10)12-8)3-4-16(7,13)14/h5H,3-4H2,1-2H3. The molecule has 0 aliphatic carbocycles. The molecule has 0 amide bonds. The van der Waals surface area contributed by atoms with E-state index in [2.05, 4.69) is 9.97 Å². The van der Waals surface area contributed by atoms with Crippen molar-refractivity contribution in [1.29, 1.82) is 0 Å². The Morgan fingerprint density at radius 2 is 2.06 bits per heavy atom. The van der Waals surface area contributed by atoms with Crippen LogP contribution in [-0.4, -0.2) is 30.2 Å². The molecule has 16 heavy (non-hydrogen) atoms. The van der Waals surface area contributed by atoms with Crippen LogP contribution < -0.4 is 4.74 Å². The number of sulfone groups is 1. The molecule has 0 N–H and O–H groups in total. The molecule has 0 unspecified atom stereocenters. The molecule has 0 bridgehead atoms. The van der Waals surface area contributed by atoms with Gasteiger partial charge in [-0.3, -0.25) is 0 Å². The first-order valence-electron chi connectivity index (χ1n) is 4.86. The predicted octanol–water partition coefficient (Wildman–Crippen LogP) is 0.733. The lowest BCUT2D eigenvalue weighted by Crippen LogP contribution is -2.12. The molecule has 7 heteroatoms. The summed E-state index contributed by atoms with van der Waals surface area (Å²) in [5, 5.41) is 0. The van der Waals surface area contributed by atoms with E-state index in [1.165, 1.54) is 0 Å². The summed E-state index contributed by atoms with van der Waals surface area (Å²) < 4.78 is 41.6. The summed E-state index contributed by atoms with van der Waals surface area (Å²) >= 11 is 0. The first-order valence-corrected chi connectivity index (χ1v) is 6.51. The minimum absolute atomic E-state index is 0.0531. The number of nitrogens with zero attached hydrogens (tertiary/aromatic N) is 2. The number of fused-ring (bicyclic) bond motifs is 1. The Hall–Kier alpha value is -1.24. The van der Waals surface area contributed by atoms with Gasteiger partial charge < -0.3 is 4.74 Å². The largest absolute Gasteiger partial charge is 0.474 e. The quantitative estimate of drug-likeness (QED) is 0.720. The second kappa shape index (κ2) is 3.65. The Kier molecular flexibility index (Phi) is 2.57. The smallest absolute Gasteiger partial charge is 0.312 e. The third kappa shape index (κ3) is 1.87. The van der Waals surface area contributed by atoms with Crippen molar-refractivity contribution < 1.29 is 17.5 Å². The molecular weight excluding hydrogens is 235 g/mol. The zero-order valence-corrected chi connectivity index (χ0v) is 9.71. The van der Waals surface area contributed by atoms with E-state index in [0.717, 1.165) is 0 Å². The van der Waals surface area contributed by atoms with Crippen LogP contribution in [0, 0.1) is 6.08 Å². The highest BCUT2D eigenvalue weighted by Crippen LogP contribution is 2.32. The first-order chi connectivity index (χ1) is 7.40. The average molecular weight is 246 g/mol. The maximum Gasteiger partial charge on any atom is 0.312 e. The average Bonchev–Trinajstić information content (AvgIpc) is 2.40.